The molecular formula is C12H15Br2ClO2. The van der Waals surface area contributed by atoms with Crippen LogP contribution in [0.5, 0.6) is 5.75 Å². The summed E-state index contributed by atoms with van der Waals surface area (Å²) in [6.07, 6.45) is 0.879. The van der Waals surface area contributed by atoms with Gasteiger partial charge in [-0.05, 0) is 56.5 Å². The van der Waals surface area contributed by atoms with E-state index in [1.165, 1.54) is 0 Å². The van der Waals surface area contributed by atoms with Crippen molar-refractivity contribution in [3.05, 3.63) is 26.6 Å². The number of alkyl halides is 1. The summed E-state index contributed by atoms with van der Waals surface area (Å²) in [5.41, 5.74) is 1.05. The summed E-state index contributed by atoms with van der Waals surface area (Å²) < 4.78 is 12.8. The third-order valence-corrected chi connectivity index (χ3v) is 3.58. The Morgan fingerprint density at radius 1 is 1.18 bits per heavy atom. The van der Waals surface area contributed by atoms with Crippen molar-refractivity contribution in [1.82, 2.24) is 0 Å². The predicted octanol–water partition coefficient (Wildman–Crippen LogP) is 4.76. The Balaban J connectivity index is 2.53. The molecule has 96 valence electrons. The van der Waals surface area contributed by atoms with Gasteiger partial charge in [-0.25, -0.2) is 0 Å². The zero-order valence-electron chi connectivity index (χ0n) is 9.64. The van der Waals surface area contributed by atoms with Crippen LogP contribution >= 0.6 is 43.5 Å². The topological polar surface area (TPSA) is 18.5 Å². The average molecular weight is 387 g/mol. The molecule has 1 aromatic carbocycles. The number of rotatable bonds is 7. The third kappa shape index (κ3) is 5.16. The van der Waals surface area contributed by atoms with Crippen molar-refractivity contribution in [1.29, 1.82) is 0 Å². The highest BCUT2D eigenvalue weighted by atomic mass is 79.9. The fourth-order valence-electron chi connectivity index (χ4n) is 1.31. The normalized spacial score (nSPS) is 10.6. The molecule has 0 N–H and O–H groups in total. The molecule has 0 heterocycles. The maximum Gasteiger partial charge on any atom is 0.147 e. The molecule has 0 aliphatic rings. The molecule has 0 aliphatic carbocycles. The van der Waals surface area contributed by atoms with Gasteiger partial charge in [0.05, 0.1) is 15.6 Å². The first-order valence-electron chi connectivity index (χ1n) is 5.43. The summed E-state index contributed by atoms with van der Waals surface area (Å²) in [5.74, 6) is 1.30. The third-order valence-electron chi connectivity index (χ3n) is 2.10. The first kappa shape index (κ1) is 15.3. The van der Waals surface area contributed by atoms with Crippen LogP contribution in [0.25, 0.3) is 0 Å². The van der Waals surface area contributed by atoms with Gasteiger partial charge in [0.15, 0.2) is 0 Å². The predicted molar refractivity (Wildman–Crippen MR) is 78.0 cm³/mol. The Labute approximate surface area is 124 Å². The Kier molecular flexibility index (Phi) is 7.51. The number of ether oxygens (including phenoxy) is 2. The van der Waals surface area contributed by atoms with Crippen molar-refractivity contribution in [2.45, 2.75) is 19.2 Å². The van der Waals surface area contributed by atoms with Gasteiger partial charge in [-0.15, -0.1) is 11.6 Å². The molecule has 1 aromatic rings. The van der Waals surface area contributed by atoms with E-state index in [0.717, 1.165) is 39.9 Å². The molecule has 17 heavy (non-hydrogen) atoms. The van der Waals surface area contributed by atoms with Crippen molar-refractivity contribution in [2.75, 3.05) is 19.8 Å². The lowest BCUT2D eigenvalue weighted by molar-refractivity contribution is 0.130. The van der Waals surface area contributed by atoms with Gasteiger partial charge in [-0.2, -0.15) is 0 Å². The van der Waals surface area contributed by atoms with E-state index < -0.39 is 0 Å². The summed E-state index contributed by atoms with van der Waals surface area (Å²) in [7, 11) is 0. The number of hydrogen-bond acceptors (Lipinski definition) is 2. The molecule has 0 aromatic heterocycles. The van der Waals surface area contributed by atoms with Crippen LogP contribution in [-0.2, 0) is 10.6 Å². The van der Waals surface area contributed by atoms with Gasteiger partial charge < -0.3 is 9.47 Å². The highest BCUT2D eigenvalue weighted by Crippen LogP contribution is 2.35. The van der Waals surface area contributed by atoms with Gasteiger partial charge in [-0.3, -0.25) is 0 Å². The zero-order valence-corrected chi connectivity index (χ0v) is 13.6. The van der Waals surface area contributed by atoms with Crippen LogP contribution in [0.1, 0.15) is 18.9 Å². The van der Waals surface area contributed by atoms with Crippen molar-refractivity contribution < 1.29 is 9.47 Å². The van der Waals surface area contributed by atoms with Gasteiger partial charge >= 0.3 is 0 Å². The second-order valence-corrected chi connectivity index (χ2v) is 5.40. The van der Waals surface area contributed by atoms with Crippen LogP contribution in [0.2, 0.25) is 0 Å². The second kappa shape index (κ2) is 8.35. The largest absolute Gasteiger partial charge is 0.491 e. The Bertz CT molecular complexity index is 335. The molecule has 0 saturated heterocycles. The maximum absolute atomic E-state index is 5.79. The highest BCUT2D eigenvalue weighted by Gasteiger charge is 2.08. The van der Waals surface area contributed by atoms with E-state index in [1.807, 2.05) is 19.1 Å². The lowest BCUT2D eigenvalue weighted by Gasteiger charge is -2.11. The van der Waals surface area contributed by atoms with E-state index in [2.05, 4.69) is 31.9 Å². The first-order chi connectivity index (χ1) is 8.19. The Hall–Kier alpha value is 0.230. The van der Waals surface area contributed by atoms with E-state index in [-0.39, 0.29) is 0 Å². The lowest BCUT2D eigenvalue weighted by atomic mass is 10.2. The summed E-state index contributed by atoms with van der Waals surface area (Å²) in [6.45, 7) is 4.10. The molecule has 0 spiro atoms. The minimum Gasteiger partial charge on any atom is -0.491 e. The minimum absolute atomic E-state index is 0.488. The molecule has 2 nitrogen and oxygen atoms in total. The molecule has 0 radical (unpaired) electrons. The number of benzene rings is 1. The van der Waals surface area contributed by atoms with Crippen LogP contribution in [0.15, 0.2) is 21.1 Å². The summed E-state index contributed by atoms with van der Waals surface area (Å²) in [4.78, 5) is 0. The quantitative estimate of drug-likeness (QED) is 0.497. The summed E-state index contributed by atoms with van der Waals surface area (Å²) in [5, 5.41) is 0. The summed E-state index contributed by atoms with van der Waals surface area (Å²) in [6, 6.07) is 3.94. The fraction of sp³-hybridized carbons (Fsp3) is 0.500. The van der Waals surface area contributed by atoms with Crippen molar-refractivity contribution in [3.8, 4) is 5.75 Å². The van der Waals surface area contributed by atoms with Crippen LogP contribution < -0.4 is 4.74 Å². The monoisotopic (exact) mass is 384 g/mol. The molecule has 0 bridgehead atoms. The fourth-order valence-corrected chi connectivity index (χ4v) is 2.97. The van der Waals surface area contributed by atoms with Crippen LogP contribution in [0.4, 0.5) is 0 Å². The molecule has 0 amide bonds. The van der Waals surface area contributed by atoms with E-state index in [0.29, 0.717) is 12.5 Å². The Morgan fingerprint density at radius 2 is 1.82 bits per heavy atom. The van der Waals surface area contributed by atoms with E-state index in [1.54, 1.807) is 0 Å². The molecule has 0 fully saturated rings. The van der Waals surface area contributed by atoms with Gasteiger partial charge in [-0.1, -0.05) is 0 Å². The van der Waals surface area contributed by atoms with Gasteiger partial charge in [0.2, 0.25) is 0 Å². The number of halogens is 3. The first-order valence-corrected chi connectivity index (χ1v) is 7.55. The van der Waals surface area contributed by atoms with Crippen molar-refractivity contribution in [2.24, 2.45) is 0 Å². The zero-order chi connectivity index (χ0) is 12.7. The molecule has 0 aliphatic heterocycles. The highest BCUT2D eigenvalue weighted by molar-refractivity contribution is 9.11. The summed E-state index contributed by atoms with van der Waals surface area (Å²) >= 11 is 12.7. The van der Waals surface area contributed by atoms with Gasteiger partial charge in [0.1, 0.15) is 5.75 Å². The molecule has 0 saturated carbocycles. The van der Waals surface area contributed by atoms with E-state index >= 15 is 0 Å². The maximum atomic E-state index is 5.79. The average Bonchev–Trinajstić information content (AvgIpc) is 2.31. The van der Waals surface area contributed by atoms with Crippen LogP contribution in [-0.4, -0.2) is 19.8 Å². The van der Waals surface area contributed by atoms with Crippen LogP contribution in [0.3, 0.4) is 0 Å². The minimum atomic E-state index is 0.488. The van der Waals surface area contributed by atoms with Gasteiger partial charge in [0.25, 0.3) is 0 Å². The number of hydrogen-bond donors (Lipinski definition) is 0. The molecule has 5 heteroatoms. The lowest BCUT2D eigenvalue weighted by Crippen LogP contribution is -2.03. The molecule has 0 unspecified atom stereocenters. The SMILES string of the molecule is CCOCCCOc1c(Br)cc(CCl)cc1Br. The Morgan fingerprint density at radius 3 is 2.35 bits per heavy atom. The van der Waals surface area contributed by atoms with E-state index in [4.69, 9.17) is 21.1 Å². The van der Waals surface area contributed by atoms with Crippen molar-refractivity contribution >= 4 is 43.5 Å². The van der Waals surface area contributed by atoms with Crippen molar-refractivity contribution in [3.63, 3.8) is 0 Å². The van der Waals surface area contributed by atoms with E-state index in [9.17, 15) is 0 Å². The molecule has 1 rings (SSSR count). The standard InChI is InChI=1S/C12H15Br2ClO2/c1-2-16-4-3-5-17-12-10(13)6-9(8-15)7-11(12)14/h6-7H,2-5,8H2,1H3. The van der Waals surface area contributed by atoms with Gasteiger partial charge in [0, 0.05) is 25.5 Å². The molecular weight excluding hydrogens is 371 g/mol. The smallest absolute Gasteiger partial charge is 0.147 e. The van der Waals surface area contributed by atoms with Crippen LogP contribution in [0, 0.1) is 0 Å². The molecule has 0 atom stereocenters. The second-order valence-electron chi connectivity index (χ2n) is 3.42.